The Hall–Kier alpha value is -1.71. The number of aliphatic hydroxyl groups is 1. The number of aliphatic hydroxyl groups excluding tert-OH is 1. The Kier molecular flexibility index (Phi) is 9.14. The van der Waals surface area contributed by atoms with Crippen LogP contribution in [0.2, 0.25) is 5.02 Å². The summed E-state index contributed by atoms with van der Waals surface area (Å²) >= 11 is 5.88. The number of hydrogen-bond acceptors (Lipinski definition) is 4. The van der Waals surface area contributed by atoms with Gasteiger partial charge in [0.25, 0.3) is 0 Å². The van der Waals surface area contributed by atoms with Gasteiger partial charge in [-0.1, -0.05) is 35.9 Å². The Balaban J connectivity index is 0.00000280. The van der Waals surface area contributed by atoms with Crippen molar-refractivity contribution in [1.82, 2.24) is 10.6 Å². The highest BCUT2D eigenvalue weighted by Crippen LogP contribution is 2.30. The average Bonchev–Trinajstić information content (AvgIpc) is 2.70. The second kappa shape index (κ2) is 11.3. The van der Waals surface area contributed by atoms with Crippen molar-refractivity contribution in [3.8, 4) is 11.5 Å². The average molecular weight is 518 g/mol. The van der Waals surface area contributed by atoms with Crippen LogP contribution in [0.1, 0.15) is 18.6 Å². The van der Waals surface area contributed by atoms with E-state index >= 15 is 0 Å². The third kappa shape index (κ3) is 6.42. The highest BCUT2D eigenvalue weighted by Gasteiger charge is 2.20. The van der Waals surface area contributed by atoms with Gasteiger partial charge in [0.2, 0.25) is 0 Å². The lowest BCUT2D eigenvalue weighted by Gasteiger charge is -2.27. The van der Waals surface area contributed by atoms with Crippen LogP contribution in [0.15, 0.2) is 53.5 Å². The summed E-state index contributed by atoms with van der Waals surface area (Å²) in [6, 6.07) is 14.7. The Morgan fingerprint density at radius 3 is 2.61 bits per heavy atom. The van der Waals surface area contributed by atoms with Gasteiger partial charge in [-0.15, -0.1) is 24.0 Å². The third-order valence-electron chi connectivity index (χ3n) is 4.09. The van der Waals surface area contributed by atoms with Gasteiger partial charge < -0.3 is 25.2 Å². The molecule has 0 radical (unpaired) electrons. The molecule has 0 saturated heterocycles. The number of rotatable bonds is 6. The molecule has 1 heterocycles. The number of guanidine groups is 1. The Morgan fingerprint density at radius 1 is 1.18 bits per heavy atom. The number of fused-ring (bicyclic) bond motifs is 1. The first-order valence-corrected chi connectivity index (χ1v) is 9.37. The summed E-state index contributed by atoms with van der Waals surface area (Å²) in [5, 5.41) is 17.4. The number of hydrogen-bond donors (Lipinski definition) is 3. The van der Waals surface area contributed by atoms with Gasteiger partial charge in [-0.3, -0.25) is 4.99 Å². The SMILES string of the molecule is CCNC(=NCC(O)c1ccc(Cl)cc1)NCC1COc2ccccc2O1.I. The summed E-state index contributed by atoms with van der Waals surface area (Å²) in [5.74, 6) is 2.13. The van der Waals surface area contributed by atoms with Crippen LogP contribution in [0.5, 0.6) is 11.5 Å². The largest absolute Gasteiger partial charge is 0.486 e. The molecular weight excluding hydrogens is 493 g/mol. The minimum Gasteiger partial charge on any atom is -0.486 e. The van der Waals surface area contributed by atoms with Crippen molar-refractivity contribution >= 4 is 41.5 Å². The fourth-order valence-electron chi connectivity index (χ4n) is 2.68. The molecule has 8 heteroatoms. The smallest absolute Gasteiger partial charge is 0.191 e. The highest BCUT2D eigenvalue weighted by molar-refractivity contribution is 14.0. The van der Waals surface area contributed by atoms with Crippen LogP contribution in [0.4, 0.5) is 0 Å². The predicted molar refractivity (Wildman–Crippen MR) is 122 cm³/mol. The predicted octanol–water partition coefficient (Wildman–Crippen LogP) is 3.39. The maximum Gasteiger partial charge on any atom is 0.191 e. The molecular formula is C20H25ClIN3O3. The molecule has 3 N–H and O–H groups in total. The van der Waals surface area contributed by atoms with Crippen molar-refractivity contribution < 1.29 is 14.6 Å². The third-order valence-corrected chi connectivity index (χ3v) is 4.34. The monoisotopic (exact) mass is 517 g/mol. The Labute approximate surface area is 187 Å². The van der Waals surface area contributed by atoms with Gasteiger partial charge in [-0.25, -0.2) is 0 Å². The molecule has 0 spiro atoms. The first kappa shape index (κ1) is 22.6. The van der Waals surface area contributed by atoms with Crippen molar-refractivity contribution in [2.24, 2.45) is 4.99 Å². The number of benzene rings is 2. The van der Waals surface area contributed by atoms with E-state index in [1.807, 2.05) is 31.2 Å². The fourth-order valence-corrected chi connectivity index (χ4v) is 2.81. The lowest BCUT2D eigenvalue weighted by Crippen LogP contribution is -2.45. The Morgan fingerprint density at radius 2 is 1.89 bits per heavy atom. The van der Waals surface area contributed by atoms with E-state index in [2.05, 4.69) is 15.6 Å². The molecule has 6 nitrogen and oxygen atoms in total. The molecule has 0 saturated carbocycles. The highest BCUT2D eigenvalue weighted by atomic mass is 127. The summed E-state index contributed by atoms with van der Waals surface area (Å²) in [5.41, 5.74) is 0.777. The minimum absolute atomic E-state index is 0. The molecule has 0 amide bonds. The summed E-state index contributed by atoms with van der Waals surface area (Å²) in [6.45, 7) is 3.95. The summed E-state index contributed by atoms with van der Waals surface area (Å²) in [6.07, 6.45) is -0.816. The van der Waals surface area contributed by atoms with Crippen LogP contribution >= 0.6 is 35.6 Å². The topological polar surface area (TPSA) is 75.1 Å². The molecule has 2 aromatic carbocycles. The minimum atomic E-state index is -0.695. The fraction of sp³-hybridized carbons (Fsp3) is 0.350. The van der Waals surface area contributed by atoms with E-state index in [9.17, 15) is 5.11 Å². The van der Waals surface area contributed by atoms with Gasteiger partial charge in [-0.05, 0) is 36.8 Å². The van der Waals surface area contributed by atoms with Crippen LogP contribution in [-0.2, 0) is 0 Å². The number of para-hydroxylation sites is 2. The molecule has 0 aromatic heterocycles. The molecule has 2 atom stereocenters. The van der Waals surface area contributed by atoms with Crippen LogP contribution in [-0.4, -0.2) is 43.4 Å². The molecule has 2 aromatic rings. The quantitative estimate of drug-likeness (QED) is 0.311. The lowest BCUT2D eigenvalue weighted by atomic mass is 10.1. The van der Waals surface area contributed by atoms with Gasteiger partial charge in [-0.2, -0.15) is 0 Å². The van der Waals surface area contributed by atoms with E-state index in [4.69, 9.17) is 21.1 Å². The van der Waals surface area contributed by atoms with E-state index < -0.39 is 6.10 Å². The number of ether oxygens (including phenoxy) is 2. The maximum atomic E-state index is 10.3. The molecule has 152 valence electrons. The molecule has 0 aliphatic carbocycles. The normalized spacial score (nSPS) is 16.7. The van der Waals surface area contributed by atoms with Gasteiger partial charge in [0.1, 0.15) is 12.7 Å². The number of aliphatic imine (C=N–C) groups is 1. The number of halogens is 2. The van der Waals surface area contributed by atoms with E-state index in [-0.39, 0.29) is 36.6 Å². The van der Waals surface area contributed by atoms with Crippen molar-refractivity contribution in [3.05, 3.63) is 59.1 Å². The summed E-state index contributed by atoms with van der Waals surface area (Å²) in [4.78, 5) is 4.46. The van der Waals surface area contributed by atoms with Crippen molar-refractivity contribution in [2.75, 3.05) is 26.2 Å². The summed E-state index contributed by atoms with van der Waals surface area (Å²) in [7, 11) is 0. The van der Waals surface area contributed by atoms with Crippen LogP contribution in [0.25, 0.3) is 0 Å². The zero-order chi connectivity index (χ0) is 19.1. The van der Waals surface area contributed by atoms with E-state index in [1.165, 1.54) is 0 Å². The van der Waals surface area contributed by atoms with Gasteiger partial charge in [0.15, 0.2) is 17.5 Å². The summed E-state index contributed by atoms with van der Waals surface area (Å²) < 4.78 is 11.7. The molecule has 1 aliphatic rings. The standard InChI is InChI=1S/C20H24ClN3O3.HI/c1-2-22-20(24-12-17(25)14-7-9-15(21)10-8-14)23-11-16-13-26-18-5-3-4-6-19(18)27-16;/h3-10,16-17,25H,2,11-13H2,1H3,(H2,22,23,24);1H. The van der Waals surface area contributed by atoms with Crippen LogP contribution in [0.3, 0.4) is 0 Å². The van der Waals surface area contributed by atoms with E-state index in [0.717, 1.165) is 17.1 Å². The zero-order valence-electron chi connectivity index (χ0n) is 15.6. The molecule has 2 unspecified atom stereocenters. The van der Waals surface area contributed by atoms with Crippen LogP contribution < -0.4 is 20.1 Å². The van der Waals surface area contributed by atoms with Gasteiger partial charge in [0.05, 0.1) is 19.2 Å². The number of nitrogens with one attached hydrogen (secondary N) is 2. The Bertz CT molecular complexity index is 774. The molecule has 3 rings (SSSR count). The van der Waals surface area contributed by atoms with E-state index in [0.29, 0.717) is 30.7 Å². The van der Waals surface area contributed by atoms with Crippen LogP contribution in [0, 0.1) is 0 Å². The van der Waals surface area contributed by atoms with Crippen molar-refractivity contribution in [1.29, 1.82) is 0 Å². The van der Waals surface area contributed by atoms with Gasteiger partial charge >= 0.3 is 0 Å². The first-order valence-electron chi connectivity index (χ1n) is 9.00. The second-order valence-corrected chi connectivity index (χ2v) is 6.60. The maximum absolute atomic E-state index is 10.3. The first-order chi connectivity index (χ1) is 13.2. The van der Waals surface area contributed by atoms with Crippen molar-refractivity contribution in [2.45, 2.75) is 19.1 Å². The zero-order valence-corrected chi connectivity index (χ0v) is 18.7. The second-order valence-electron chi connectivity index (χ2n) is 6.17. The molecule has 0 fully saturated rings. The molecule has 1 aliphatic heterocycles. The van der Waals surface area contributed by atoms with Crippen molar-refractivity contribution in [3.63, 3.8) is 0 Å². The molecule has 28 heavy (non-hydrogen) atoms. The van der Waals surface area contributed by atoms with Gasteiger partial charge in [0, 0.05) is 11.6 Å². The number of nitrogens with zero attached hydrogens (tertiary/aromatic N) is 1. The van der Waals surface area contributed by atoms with E-state index in [1.54, 1.807) is 24.3 Å². The lowest BCUT2D eigenvalue weighted by molar-refractivity contribution is 0.0936. The molecule has 0 bridgehead atoms.